The molecule has 2 atom stereocenters. The number of nitrogens with zero attached hydrogens (tertiary/aromatic N) is 4. The number of fused-ring (bicyclic) bond motifs is 10. The van der Waals surface area contributed by atoms with Crippen molar-refractivity contribution < 1.29 is 0 Å². The quantitative estimate of drug-likeness (QED) is 0.174. The summed E-state index contributed by atoms with van der Waals surface area (Å²) in [6.07, 6.45) is 4.89. The van der Waals surface area contributed by atoms with Crippen LogP contribution in [0.2, 0.25) is 0 Å². The van der Waals surface area contributed by atoms with Crippen molar-refractivity contribution >= 4 is 49.7 Å². The van der Waals surface area contributed by atoms with E-state index in [-0.39, 0.29) is 17.4 Å². The van der Waals surface area contributed by atoms with Crippen molar-refractivity contribution in [2.75, 3.05) is 4.90 Å². The lowest BCUT2D eigenvalue weighted by Crippen LogP contribution is -2.38. The van der Waals surface area contributed by atoms with E-state index in [4.69, 9.17) is 9.97 Å². The molecular formula is C59H42N4. The largest absolute Gasteiger partial charge is 0.333 e. The van der Waals surface area contributed by atoms with E-state index in [0.29, 0.717) is 0 Å². The second kappa shape index (κ2) is 13.6. The molecule has 2 aromatic heterocycles. The third-order valence-corrected chi connectivity index (χ3v) is 14.0. The molecule has 1 aliphatic heterocycles. The summed E-state index contributed by atoms with van der Waals surface area (Å²) in [7, 11) is 0. The summed E-state index contributed by atoms with van der Waals surface area (Å²) in [4.78, 5) is 12.9. The molecule has 0 fully saturated rings. The van der Waals surface area contributed by atoms with Gasteiger partial charge in [-0.15, -0.1) is 0 Å². The lowest BCUT2D eigenvalue weighted by atomic mass is 9.72. The van der Waals surface area contributed by atoms with Crippen molar-refractivity contribution in [3.8, 4) is 39.5 Å². The molecule has 2 unspecified atom stereocenters. The summed E-state index contributed by atoms with van der Waals surface area (Å²) in [6, 6.07) is 70.5. The summed E-state index contributed by atoms with van der Waals surface area (Å²) in [6.45, 7) is 4.84. The minimum absolute atomic E-state index is 0.108. The molecule has 0 amide bonds. The summed E-state index contributed by atoms with van der Waals surface area (Å²) in [5, 5.41) is 3.57. The summed E-state index contributed by atoms with van der Waals surface area (Å²) < 4.78 is 2.39. The summed E-state index contributed by atoms with van der Waals surface area (Å²) in [5.41, 5.74) is 19.2. The maximum absolute atomic E-state index is 5.20. The first-order chi connectivity index (χ1) is 31.0. The Morgan fingerprint density at radius 3 is 2.02 bits per heavy atom. The molecule has 3 heterocycles. The number of allylic oxidation sites excluding steroid dienone is 2. The average molecular weight is 807 g/mol. The highest BCUT2D eigenvalue weighted by molar-refractivity contribution is 6.10. The van der Waals surface area contributed by atoms with Gasteiger partial charge in [-0.05, 0) is 112 Å². The predicted molar refractivity (Wildman–Crippen MR) is 261 cm³/mol. The molecule has 2 aliphatic carbocycles. The van der Waals surface area contributed by atoms with Gasteiger partial charge in [0.25, 0.3) is 0 Å². The van der Waals surface area contributed by atoms with Gasteiger partial charge >= 0.3 is 0 Å². The minimum atomic E-state index is -0.145. The fourth-order valence-corrected chi connectivity index (χ4v) is 11.1. The second-order valence-corrected chi connectivity index (χ2v) is 17.7. The molecule has 0 N–H and O–H groups in total. The average Bonchev–Trinajstić information content (AvgIpc) is 3.94. The first-order valence-corrected chi connectivity index (χ1v) is 22.0. The van der Waals surface area contributed by atoms with E-state index < -0.39 is 0 Å². The highest BCUT2D eigenvalue weighted by Crippen LogP contribution is 2.59. The molecular weight excluding hydrogens is 765 g/mol. The van der Waals surface area contributed by atoms with Crippen molar-refractivity contribution in [2.45, 2.75) is 31.2 Å². The zero-order valence-corrected chi connectivity index (χ0v) is 35.1. The van der Waals surface area contributed by atoms with Crippen LogP contribution in [0, 0.1) is 0 Å². The third-order valence-electron chi connectivity index (χ3n) is 14.0. The maximum atomic E-state index is 5.20. The van der Waals surface area contributed by atoms with E-state index >= 15 is 0 Å². The van der Waals surface area contributed by atoms with Crippen LogP contribution in [0.15, 0.2) is 212 Å². The van der Waals surface area contributed by atoms with Gasteiger partial charge in [-0.2, -0.15) is 0 Å². The fourth-order valence-electron chi connectivity index (χ4n) is 11.1. The number of hydrogen-bond donors (Lipinski definition) is 0. The van der Waals surface area contributed by atoms with Crippen molar-refractivity contribution in [2.24, 2.45) is 0 Å². The van der Waals surface area contributed by atoms with Crippen LogP contribution < -0.4 is 4.90 Å². The molecule has 4 heteroatoms. The molecule has 8 aromatic carbocycles. The Morgan fingerprint density at radius 2 is 1.17 bits per heavy atom. The molecule has 0 saturated heterocycles. The summed E-state index contributed by atoms with van der Waals surface area (Å²) >= 11 is 0. The van der Waals surface area contributed by atoms with Crippen LogP contribution in [0.4, 0.5) is 11.4 Å². The highest BCUT2D eigenvalue weighted by atomic mass is 15.2. The highest BCUT2D eigenvalue weighted by Gasteiger charge is 2.50. The first kappa shape index (κ1) is 35.9. The van der Waals surface area contributed by atoms with Gasteiger partial charge in [-0.1, -0.05) is 147 Å². The van der Waals surface area contributed by atoms with E-state index in [9.17, 15) is 0 Å². The lowest BCUT2D eigenvalue weighted by molar-refractivity contribution is 0.552. The Kier molecular flexibility index (Phi) is 7.74. The zero-order valence-electron chi connectivity index (χ0n) is 35.1. The molecule has 298 valence electrons. The van der Waals surface area contributed by atoms with Crippen molar-refractivity contribution in [1.29, 1.82) is 0 Å². The third kappa shape index (κ3) is 5.34. The molecule has 10 aromatic rings. The number of aromatic nitrogens is 3. The van der Waals surface area contributed by atoms with Crippen LogP contribution in [0.5, 0.6) is 0 Å². The number of benzene rings is 8. The Bertz CT molecular complexity index is 3540. The summed E-state index contributed by atoms with van der Waals surface area (Å²) in [5.74, 6) is 0.901. The second-order valence-electron chi connectivity index (χ2n) is 17.7. The van der Waals surface area contributed by atoms with E-state index in [1.807, 2.05) is 6.07 Å². The topological polar surface area (TPSA) is 34.0 Å². The molecule has 0 bridgehead atoms. The number of anilines is 2. The predicted octanol–water partition coefficient (Wildman–Crippen LogP) is 14.6. The minimum Gasteiger partial charge on any atom is -0.333 e. The van der Waals surface area contributed by atoms with Gasteiger partial charge in [0.15, 0.2) is 5.82 Å². The Labute approximate surface area is 366 Å². The van der Waals surface area contributed by atoms with Crippen molar-refractivity contribution in [1.82, 2.24) is 14.5 Å². The van der Waals surface area contributed by atoms with Gasteiger partial charge in [0.05, 0.1) is 28.3 Å². The standard InChI is InChI=1S/C59H42N4/c1-59(2)50-22-12-9-19-43(50)45-31-32-46-49-36-40(39-27-33-53-48(35-39)44-20-11-14-24-52(44)62(53)41-17-7-4-8-18-41)28-34-54(49)63(57(46)55(45)59)42-29-25-38(26-30-42)58-60-51-23-13-10-21-47(51)56(61-58)37-15-5-3-6-16-37/h3-36,46,57H,1-2H3. The van der Waals surface area contributed by atoms with Gasteiger partial charge in [0.1, 0.15) is 0 Å². The smallest absolute Gasteiger partial charge is 0.160 e. The van der Waals surface area contributed by atoms with Crippen LogP contribution >= 0.6 is 0 Å². The van der Waals surface area contributed by atoms with Gasteiger partial charge < -0.3 is 9.47 Å². The van der Waals surface area contributed by atoms with E-state index in [2.05, 4.69) is 224 Å². The van der Waals surface area contributed by atoms with E-state index in [0.717, 1.165) is 39.2 Å². The van der Waals surface area contributed by atoms with Crippen LogP contribution in [0.1, 0.15) is 36.5 Å². The van der Waals surface area contributed by atoms with Gasteiger partial charge in [-0.3, -0.25) is 0 Å². The lowest BCUT2D eigenvalue weighted by Gasteiger charge is -2.39. The molecule has 4 nitrogen and oxygen atoms in total. The van der Waals surface area contributed by atoms with Gasteiger partial charge in [0.2, 0.25) is 0 Å². The van der Waals surface area contributed by atoms with Crippen molar-refractivity contribution in [3.05, 3.63) is 229 Å². The Hall–Kier alpha value is -7.82. The van der Waals surface area contributed by atoms with Crippen LogP contribution in [-0.2, 0) is 5.41 Å². The van der Waals surface area contributed by atoms with Crippen molar-refractivity contribution in [3.63, 3.8) is 0 Å². The van der Waals surface area contributed by atoms with E-state index in [1.54, 1.807) is 0 Å². The molecule has 0 saturated carbocycles. The monoisotopic (exact) mass is 806 g/mol. The first-order valence-electron chi connectivity index (χ1n) is 22.0. The molecule has 13 rings (SSSR count). The van der Waals surface area contributed by atoms with Crippen LogP contribution in [-0.4, -0.2) is 20.6 Å². The molecule has 3 aliphatic rings. The van der Waals surface area contributed by atoms with Gasteiger partial charge in [-0.25, -0.2) is 9.97 Å². The fraction of sp³-hybridized carbons (Fsp3) is 0.0847. The van der Waals surface area contributed by atoms with Crippen LogP contribution in [0.25, 0.3) is 77.7 Å². The molecule has 63 heavy (non-hydrogen) atoms. The Balaban J connectivity index is 0.946. The maximum Gasteiger partial charge on any atom is 0.160 e. The van der Waals surface area contributed by atoms with E-state index in [1.165, 1.54) is 72.1 Å². The number of para-hydroxylation sites is 3. The molecule has 0 spiro atoms. The molecule has 0 radical (unpaired) electrons. The Morgan fingerprint density at radius 1 is 0.508 bits per heavy atom. The number of hydrogen-bond acceptors (Lipinski definition) is 3. The van der Waals surface area contributed by atoms with Crippen LogP contribution in [0.3, 0.4) is 0 Å². The normalized spacial score (nSPS) is 17.0. The number of rotatable bonds is 5. The van der Waals surface area contributed by atoms with Gasteiger partial charge in [0, 0.05) is 55.7 Å². The SMILES string of the molecule is CC1(C)C2=C(C=CC3c4cc(-c5ccc6c(c5)c5ccccc5n6-c5ccccc5)ccc4N(c4ccc(-c5nc(-c6ccccc6)c6ccccc6n5)cc4)C23)c2ccccc21. The zero-order chi connectivity index (χ0) is 41.8.